The standard InChI is InChI=1S/C12H13FN4O/c1-8(11-14-5-6-15-11)16-12(18)17-10-4-2-3-9(13)7-10/h2-8H,1H3,(H,14,15)(H2,16,17,18). The number of nitrogens with one attached hydrogen (secondary N) is 3. The Kier molecular flexibility index (Phi) is 3.57. The van der Waals surface area contributed by atoms with Crippen molar-refractivity contribution in [3.8, 4) is 0 Å². The quantitative estimate of drug-likeness (QED) is 0.780. The highest BCUT2D eigenvalue weighted by Gasteiger charge is 2.11. The number of benzene rings is 1. The number of hydrogen-bond donors (Lipinski definition) is 3. The molecule has 1 atom stereocenters. The van der Waals surface area contributed by atoms with Gasteiger partial charge in [0.05, 0.1) is 6.04 Å². The summed E-state index contributed by atoms with van der Waals surface area (Å²) in [5.41, 5.74) is 0.402. The minimum atomic E-state index is -0.412. The first kappa shape index (κ1) is 12.1. The molecule has 2 amide bonds. The molecular formula is C12H13FN4O. The van der Waals surface area contributed by atoms with Crippen molar-refractivity contribution in [3.05, 3.63) is 48.3 Å². The van der Waals surface area contributed by atoms with Crippen LogP contribution in [0.5, 0.6) is 0 Å². The topological polar surface area (TPSA) is 69.8 Å². The van der Waals surface area contributed by atoms with Gasteiger partial charge in [0.15, 0.2) is 0 Å². The number of nitrogens with zero attached hydrogens (tertiary/aromatic N) is 1. The number of carbonyl (C=O) groups is 1. The Bertz CT molecular complexity index is 527. The first-order valence-corrected chi connectivity index (χ1v) is 5.47. The fourth-order valence-corrected chi connectivity index (χ4v) is 1.51. The molecule has 1 aromatic heterocycles. The number of aromatic amines is 1. The highest BCUT2D eigenvalue weighted by Crippen LogP contribution is 2.10. The number of halogens is 1. The normalized spacial score (nSPS) is 11.9. The maximum Gasteiger partial charge on any atom is 0.319 e. The predicted octanol–water partition coefficient (Wildman–Crippen LogP) is 2.43. The lowest BCUT2D eigenvalue weighted by molar-refractivity contribution is 0.249. The Morgan fingerprint density at radius 3 is 3.00 bits per heavy atom. The number of rotatable bonds is 3. The molecule has 0 aliphatic carbocycles. The van der Waals surface area contributed by atoms with E-state index in [1.165, 1.54) is 18.2 Å². The van der Waals surface area contributed by atoms with Gasteiger partial charge < -0.3 is 15.6 Å². The van der Waals surface area contributed by atoms with E-state index >= 15 is 0 Å². The predicted molar refractivity (Wildman–Crippen MR) is 65.6 cm³/mol. The van der Waals surface area contributed by atoms with Gasteiger partial charge >= 0.3 is 6.03 Å². The molecule has 94 valence electrons. The molecule has 3 N–H and O–H groups in total. The second-order valence-electron chi connectivity index (χ2n) is 3.80. The number of imidazole rings is 1. The minimum absolute atomic E-state index is 0.256. The highest BCUT2D eigenvalue weighted by atomic mass is 19.1. The van der Waals surface area contributed by atoms with Crippen LogP contribution in [-0.2, 0) is 0 Å². The molecular weight excluding hydrogens is 235 g/mol. The third-order valence-electron chi connectivity index (χ3n) is 2.36. The smallest absolute Gasteiger partial charge is 0.319 e. The summed E-state index contributed by atoms with van der Waals surface area (Å²) in [7, 11) is 0. The van der Waals surface area contributed by atoms with Gasteiger partial charge in [-0.15, -0.1) is 0 Å². The molecule has 0 aliphatic rings. The van der Waals surface area contributed by atoms with Gasteiger partial charge in [0.2, 0.25) is 0 Å². The molecule has 6 heteroatoms. The summed E-state index contributed by atoms with van der Waals surface area (Å²) in [5.74, 6) is 0.260. The van der Waals surface area contributed by atoms with E-state index in [4.69, 9.17) is 0 Å². The van der Waals surface area contributed by atoms with Crippen molar-refractivity contribution >= 4 is 11.7 Å². The number of hydrogen-bond acceptors (Lipinski definition) is 2. The molecule has 0 aliphatic heterocycles. The lowest BCUT2D eigenvalue weighted by atomic mass is 10.3. The summed E-state index contributed by atoms with van der Waals surface area (Å²) >= 11 is 0. The van der Waals surface area contributed by atoms with Gasteiger partial charge in [-0.2, -0.15) is 0 Å². The lowest BCUT2D eigenvalue weighted by Crippen LogP contribution is -2.31. The average Bonchev–Trinajstić information content (AvgIpc) is 2.81. The SMILES string of the molecule is CC(NC(=O)Nc1cccc(F)c1)c1ncc[nH]1. The van der Waals surface area contributed by atoms with Crippen molar-refractivity contribution in [1.29, 1.82) is 0 Å². The molecule has 0 radical (unpaired) electrons. The van der Waals surface area contributed by atoms with E-state index in [-0.39, 0.29) is 6.04 Å². The van der Waals surface area contributed by atoms with Crippen LogP contribution in [-0.4, -0.2) is 16.0 Å². The molecule has 0 spiro atoms. The van der Waals surface area contributed by atoms with Gasteiger partial charge in [-0.05, 0) is 25.1 Å². The van der Waals surface area contributed by atoms with Gasteiger partial charge in [-0.1, -0.05) is 6.07 Å². The molecule has 0 fully saturated rings. The second kappa shape index (κ2) is 5.31. The molecule has 1 aromatic carbocycles. The number of aromatic nitrogens is 2. The first-order valence-electron chi connectivity index (χ1n) is 5.47. The van der Waals surface area contributed by atoms with Crippen LogP contribution in [0.15, 0.2) is 36.7 Å². The van der Waals surface area contributed by atoms with Crippen LogP contribution >= 0.6 is 0 Å². The van der Waals surface area contributed by atoms with Crippen LogP contribution in [0.25, 0.3) is 0 Å². The zero-order chi connectivity index (χ0) is 13.0. The third kappa shape index (κ3) is 3.07. The van der Waals surface area contributed by atoms with E-state index < -0.39 is 11.8 Å². The molecule has 0 saturated carbocycles. The Balaban J connectivity index is 1.93. The third-order valence-corrected chi connectivity index (χ3v) is 2.36. The van der Waals surface area contributed by atoms with Crippen molar-refractivity contribution in [2.24, 2.45) is 0 Å². The zero-order valence-electron chi connectivity index (χ0n) is 9.77. The summed E-state index contributed by atoms with van der Waals surface area (Å²) in [4.78, 5) is 18.6. The molecule has 18 heavy (non-hydrogen) atoms. The molecule has 0 bridgehead atoms. The lowest BCUT2D eigenvalue weighted by Gasteiger charge is -2.12. The van der Waals surface area contributed by atoms with Crippen LogP contribution in [0, 0.1) is 5.82 Å². The van der Waals surface area contributed by atoms with E-state index in [2.05, 4.69) is 20.6 Å². The van der Waals surface area contributed by atoms with Crippen molar-refractivity contribution in [1.82, 2.24) is 15.3 Å². The molecule has 0 saturated heterocycles. The van der Waals surface area contributed by atoms with Gasteiger partial charge in [0, 0.05) is 18.1 Å². The second-order valence-corrected chi connectivity index (χ2v) is 3.80. The summed E-state index contributed by atoms with van der Waals surface area (Å²) in [5, 5.41) is 5.23. The van der Waals surface area contributed by atoms with Crippen LogP contribution in [0.4, 0.5) is 14.9 Å². The minimum Gasteiger partial charge on any atom is -0.347 e. The zero-order valence-corrected chi connectivity index (χ0v) is 9.77. The van der Waals surface area contributed by atoms with E-state index in [9.17, 15) is 9.18 Å². The van der Waals surface area contributed by atoms with Crippen molar-refractivity contribution in [2.45, 2.75) is 13.0 Å². The van der Waals surface area contributed by atoms with Crippen LogP contribution in [0.3, 0.4) is 0 Å². The summed E-state index contributed by atoms with van der Waals surface area (Å²) in [6.45, 7) is 1.80. The molecule has 2 aromatic rings. The van der Waals surface area contributed by atoms with Crippen molar-refractivity contribution in [2.75, 3.05) is 5.32 Å². The van der Waals surface area contributed by atoms with Gasteiger partial charge in [-0.3, -0.25) is 0 Å². The number of carbonyl (C=O) groups excluding carboxylic acids is 1. The van der Waals surface area contributed by atoms with E-state index in [0.717, 1.165) is 0 Å². The largest absolute Gasteiger partial charge is 0.347 e. The molecule has 1 heterocycles. The molecule has 1 unspecified atom stereocenters. The van der Waals surface area contributed by atoms with Gasteiger partial charge in [-0.25, -0.2) is 14.2 Å². The fraction of sp³-hybridized carbons (Fsp3) is 0.167. The van der Waals surface area contributed by atoms with Gasteiger partial charge in [0.1, 0.15) is 11.6 Å². The molecule has 2 rings (SSSR count). The summed E-state index contributed by atoms with van der Waals surface area (Å²) in [6.07, 6.45) is 3.29. The Labute approximate surface area is 103 Å². The maximum absolute atomic E-state index is 12.9. The maximum atomic E-state index is 12.9. The van der Waals surface area contributed by atoms with Crippen molar-refractivity contribution < 1.29 is 9.18 Å². The summed E-state index contributed by atoms with van der Waals surface area (Å²) < 4.78 is 12.9. The Morgan fingerprint density at radius 2 is 2.33 bits per heavy atom. The Hall–Kier alpha value is -2.37. The van der Waals surface area contributed by atoms with Crippen LogP contribution < -0.4 is 10.6 Å². The summed E-state index contributed by atoms with van der Waals surface area (Å²) in [6, 6.07) is 5.03. The van der Waals surface area contributed by atoms with Crippen LogP contribution in [0.1, 0.15) is 18.8 Å². The first-order chi connectivity index (χ1) is 8.65. The fourth-order valence-electron chi connectivity index (χ4n) is 1.51. The number of amides is 2. The number of anilines is 1. The van der Waals surface area contributed by atoms with Crippen LogP contribution in [0.2, 0.25) is 0 Å². The Morgan fingerprint density at radius 1 is 1.50 bits per heavy atom. The molecule has 5 nitrogen and oxygen atoms in total. The van der Waals surface area contributed by atoms with E-state index in [0.29, 0.717) is 11.5 Å². The van der Waals surface area contributed by atoms with E-state index in [1.54, 1.807) is 25.4 Å². The number of urea groups is 1. The highest BCUT2D eigenvalue weighted by molar-refractivity contribution is 5.89. The van der Waals surface area contributed by atoms with Gasteiger partial charge in [0.25, 0.3) is 0 Å². The monoisotopic (exact) mass is 248 g/mol. The van der Waals surface area contributed by atoms with E-state index in [1.807, 2.05) is 0 Å². The average molecular weight is 248 g/mol. The van der Waals surface area contributed by atoms with Crippen molar-refractivity contribution in [3.63, 3.8) is 0 Å². The number of H-pyrrole nitrogens is 1.